The minimum Gasteiger partial charge on any atom is -0.0616 e. The Morgan fingerprint density at radius 1 is 0.172 bits per heavy atom. The van der Waals surface area contributed by atoms with Gasteiger partial charge in [0.1, 0.15) is 0 Å². The second kappa shape index (κ2) is 14.2. The van der Waals surface area contributed by atoms with Crippen molar-refractivity contribution >= 4 is 43.1 Å². The average Bonchev–Trinajstić information content (AvgIpc) is 3.30. The largest absolute Gasteiger partial charge is 0.0616 e. The summed E-state index contributed by atoms with van der Waals surface area (Å²) in [6, 6.07) is 84.6. The maximum atomic E-state index is 2.38. The molecule has 11 aromatic rings. The standard InChI is InChI=1S/C58H38/c1-2-17-41-35-45(34-33-39(41)15-1)43-20-11-19-42(36-43)44-21-12-24-48(37-44)57-53-28-7-9-30-55(53)58(56-31-10-8-29-54(56)57)52-27-6-5-26-51(52)47-23-13-22-46(38-47)50-32-14-18-40-16-3-4-25-49(40)50/h1-38H. The predicted molar refractivity (Wildman–Crippen MR) is 249 cm³/mol. The van der Waals surface area contributed by atoms with E-state index in [0.29, 0.717) is 0 Å². The second-order valence-corrected chi connectivity index (χ2v) is 15.2. The first-order valence-corrected chi connectivity index (χ1v) is 20.1. The van der Waals surface area contributed by atoms with Crippen molar-refractivity contribution in [3.8, 4) is 66.8 Å². The van der Waals surface area contributed by atoms with Crippen molar-refractivity contribution in [3.05, 3.63) is 231 Å². The molecule has 11 aromatic carbocycles. The first-order chi connectivity index (χ1) is 28.8. The highest BCUT2D eigenvalue weighted by molar-refractivity contribution is 6.22. The molecular formula is C58H38. The molecule has 0 aliphatic rings. The van der Waals surface area contributed by atoms with Gasteiger partial charge < -0.3 is 0 Å². The molecule has 0 unspecified atom stereocenters. The van der Waals surface area contributed by atoms with Crippen LogP contribution < -0.4 is 0 Å². The summed E-state index contributed by atoms with van der Waals surface area (Å²) in [5.41, 5.74) is 14.7. The summed E-state index contributed by atoms with van der Waals surface area (Å²) in [7, 11) is 0. The quantitative estimate of drug-likeness (QED) is 0.149. The third-order valence-electron chi connectivity index (χ3n) is 11.8. The zero-order chi connectivity index (χ0) is 38.4. The lowest BCUT2D eigenvalue weighted by atomic mass is 9.83. The molecule has 0 saturated carbocycles. The van der Waals surface area contributed by atoms with Crippen LogP contribution in [0, 0.1) is 0 Å². The number of fused-ring (bicyclic) bond motifs is 4. The van der Waals surface area contributed by atoms with Gasteiger partial charge in [0.2, 0.25) is 0 Å². The minimum absolute atomic E-state index is 1.20. The van der Waals surface area contributed by atoms with Gasteiger partial charge in [-0.3, -0.25) is 0 Å². The molecular weight excluding hydrogens is 697 g/mol. The highest BCUT2D eigenvalue weighted by atomic mass is 14.2. The van der Waals surface area contributed by atoms with Gasteiger partial charge in [0.15, 0.2) is 0 Å². The maximum Gasteiger partial charge on any atom is -0.00201 e. The van der Waals surface area contributed by atoms with E-state index in [0.717, 1.165) is 0 Å². The van der Waals surface area contributed by atoms with E-state index in [1.165, 1.54) is 110 Å². The number of hydrogen-bond acceptors (Lipinski definition) is 0. The van der Waals surface area contributed by atoms with Gasteiger partial charge in [0.05, 0.1) is 0 Å². The van der Waals surface area contributed by atoms with Crippen molar-refractivity contribution in [2.24, 2.45) is 0 Å². The Morgan fingerprint density at radius 3 is 1.24 bits per heavy atom. The number of hydrogen-bond donors (Lipinski definition) is 0. The minimum atomic E-state index is 1.20. The van der Waals surface area contributed by atoms with E-state index in [9.17, 15) is 0 Å². The molecule has 0 heteroatoms. The van der Waals surface area contributed by atoms with Crippen LogP contribution in [0.1, 0.15) is 0 Å². The fourth-order valence-electron chi connectivity index (χ4n) is 9.12. The fraction of sp³-hybridized carbons (Fsp3) is 0. The van der Waals surface area contributed by atoms with Gasteiger partial charge in [-0.1, -0.05) is 206 Å². The normalized spacial score (nSPS) is 11.4. The summed E-state index contributed by atoms with van der Waals surface area (Å²) in [4.78, 5) is 0. The SMILES string of the molecule is c1cc(-c2cccc(-c3c4ccccc4c(-c4ccccc4-c4cccc(-c5cccc6ccccc56)c4)c4ccccc34)c2)cc(-c2ccc3ccccc3c2)c1. The van der Waals surface area contributed by atoms with Gasteiger partial charge in [-0.2, -0.15) is 0 Å². The topological polar surface area (TPSA) is 0 Å². The molecule has 0 bridgehead atoms. The second-order valence-electron chi connectivity index (χ2n) is 15.2. The van der Waals surface area contributed by atoms with Gasteiger partial charge >= 0.3 is 0 Å². The molecule has 0 fully saturated rings. The molecule has 0 aliphatic heterocycles. The summed E-state index contributed by atoms with van der Waals surface area (Å²) >= 11 is 0. The van der Waals surface area contributed by atoms with E-state index in [1.807, 2.05) is 0 Å². The maximum absolute atomic E-state index is 2.38. The average molecular weight is 735 g/mol. The molecule has 11 rings (SSSR count). The Hall–Kier alpha value is -7.54. The molecule has 0 N–H and O–H groups in total. The molecule has 0 aliphatic carbocycles. The molecule has 0 radical (unpaired) electrons. The van der Waals surface area contributed by atoms with Crippen molar-refractivity contribution < 1.29 is 0 Å². The third-order valence-corrected chi connectivity index (χ3v) is 11.8. The first-order valence-electron chi connectivity index (χ1n) is 20.1. The highest BCUT2D eigenvalue weighted by Crippen LogP contribution is 2.47. The van der Waals surface area contributed by atoms with Crippen molar-refractivity contribution in [1.82, 2.24) is 0 Å². The molecule has 270 valence electrons. The van der Waals surface area contributed by atoms with Gasteiger partial charge in [-0.05, 0) is 134 Å². The van der Waals surface area contributed by atoms with Gasteiger partial charge in [-0.25, -0.2) is 0 Å². The van der Waals surface area contributed by atoms with Crippen LogP contribution in [0.4, 0.5) is 0 Å². The molecule has 0 aromatic heterocycles. The Kier molecular flexibility index (Phi) is 8.26. The Morgan fingerprint density at radius 2 is 0.569 bits per heavy atom. The summed E-state index contributed by atoms with van der Waals surface area (Å²) in [5, 5.41) is 10.0. The molecule has 58 heavy (non-hydrogen) atoms. The highest BCUT2D eigenvalue weighted by Gasteiger charge is 2.19. The lowest BCUT2D eigenvalue weighted by Gasteiger charge is -2.20. The molecule has 0 heterocycles. The van der Waals surface area contributed by atoms with Crippen LogP contribution in [0.5, 0.6) is 0 Å². The summed E-state index contributed by atoms with van der Waals surface area (Å²) in [6.45, 7) is 0. The van der Waals surface area contributed by atoms with Gasteiger partial charge in [-0.15, -0.1) is 0 Å². The fourth-order valence-corrected chi connectivity index (χ4v) is 9.12. The van der Waals surface area contributed by atoms with E-state index in [1.54, 1.807) is 0 Å². The summed E-state index contributed by atoms with van der Waals surface area (Å²) < 4.78 is 0. The summed E-state index contributed by atoms with van der Waals surface area (Å²) in [6.07, 6.45) is 0. The molecule has 0 spiro atoms. The van der Waals surface area contributed by atoms with E-state index in [4.69, 9.17) is 0 Å². The van der Waals surface area contributed by atoms with Gasteiger partial charge in [0.25, 0.3) is 0 Å². The molecule has 0 saturated heterocycles. The van der Waals surface area contributed by atoms with Crippen LogP contribution in [-0.2, 0) is 0 Å². The van der Waals surface area contributed by atoms with Crippen molar-refractivity contribution in [2.75, 3.05) is 0 Å². The Labute approximate surface area is 339 Å². The third kappa shape index (κ3) is 5.86. The van der Waals surface area contributed by atoms with Crippen molar-refractivity contribution in [1.29, 1.82) is 0 Å². The zero-order valence-electron chi connectivity index (χ0n) is 31.9. The van der Waals surface area contributed by atoms with Crippen LogP contribution in [0.3, 0.4) is 0 Å². The zero-order valence-corrected chi connectivity index (χ0v) is 31.9. The number of benzene rings is 11. The van der Waals surface area contributed by atoms with Crippen LogP contribution in [0.25, 0.3) is 110 Å². The van der Waals surface area contributed by atoms with Crippen molar-refractivity contribution in [3.63, 3.8) is 0 Å². The Bertz CT molecular complexity index is 3280. The lowest BCUT2D eigenvalue weighted by molar-refractivity contribution is 1.59. The van der Waals surface area contributed by atoms with Crippen LogP contribution >= 0.6 is 0 Å². The Balaban J connectivity index is 1.06. The van der Waals surface area contributed by atoms with Crippen LogP contribution in [0.2, 0.25) is 0 Å². The van der Waals surface area contributed by atoms with Gasteiger partial charge in [0, 0.05) is 0 Å². The first kappa shape index (κ1) is 33.8. The van der Waals surface area contributed by atoms with Crippen LogP contribution in [-0.4, -0.2) is 0 Å². The van der Waals surface area contributed by atoms with E-state index in [2.05, 4.69) is 231 Å². The van der Waals surface area contributed by atoms with Crippen molar-refractivity contribution in [2.45, 2.75) is 0 Å². The predicted octanol–water partition coefficient (Wildman–Crippen LogP) is 16.3. The molecule has 0 atom stereocenters. The molecule has 0 amide bonds. The van der Waals surface area contributed by atoms with E-state index >= 15 is 0 Å². The monoisotopic (exact) mass is 734 g/mol. The molecule has 0 nitrogen and oxygen atoms in total. The lowest BCUT2D eigenvalue weighted by Crippen LogP contribution is -1.93. The number of rotatable bonds is 6. The van der Waals surface area contributed by atoms with E-state index in [-0.39, 0.29) is 0 Å². The summed E-state index contributed by atoms with van der Waals surface area (Å²) in [5.74, 6) is 0. The smallest absolute Gasteiger partial charge is 0.00201 e. The van der Waals surface area contributed by atoms with Crippen LogP contribution in [0.15, 0.2) is 231 Å². The van der Waals surface area contributed by atoms with E-state index < -0.39 is 0 Å².